The minimum atomic E-state index is -0.348. The van der Waals surface area contributed by atoms with Crippen LogP contribution in [-0.4, -0.2) is 17.4 Å². The number of rotatable bonds is 5. The van der Waals surface area contributed by atoms with E-state index in [1.807, 2.05) is 6.07 Å². The molecule has 2 heterocycles. The van der Waals surface area contributed by atoms with E-state index in [4.69, 9.17) is 4.42 Å². The minimum Gasteiger partial charge on any atom is -0.463 e. The smallest absolute Gasteiger partial charge is 0.243 e. The fourth-order valence-corrected chi connectivity index (χ4v) is 2.07. The van der Waals surface area contributed by atoms with E-state index in [1.165, 1.54) is 24.3 Å². The molecule has 1 aromatic carbocycles. The normalized spacial score (nSPS) is 10.3. The van der Waals surface area contributed by atoms with Crippen molar-refractivity contribution in [3.63, 3.8) is 0 Å². The van der Waals surface area contributed by atoms with Gasteiger partial charge in [-0.05, 0) is 48.5 Å². The maximum absolute atomic E-state index is 12.8. The maximum Gasteiger partial charge on any atom is 0.243 e. The molecule has 0 saturated carbocycles. The average Bonchev–Trinajstić information content (AvgIpc) is 3.10. The van der Waals surface area contributed by atoms with Crippen LogP contribution in [0.2, 0.25) is 0 Å². The van der Waals surface area contributed by atoms with Crippen LogP contribution in [0.5, 0.6) is 0 Å². The Bertz CT molecular complexity index is 786. The molecule has 23 heavy (non-hydrogen) atoms. The van der Waals surface area contributed by atoms with Gasteiger partial charge in [0.2, 0.25) is 5.91 Å². The Kier molecular flexibility index (Phi) is 4.33. The number of benzene rings is 1. The number of carbonyl (C=O) groups excluding carboxylic acids is 1. The fourth-order valence-electron chi connectivity index (χ4n) is 2.07. The molecule has 6 heteroatoms. The van der Waals surface area contributed by atoms with Crippen LogP contribution in [0, 0.1) is 5.82 Å². The molecule has 0 fully saturated rings. The van der Waals surface area contributed by atoms with E-state index in [1.54, 1.807) is 30.7 Å². The quantitative estimate of drug-likeness (QED) is 0.756. The molecular formula is C17H14FN3O2. The second-order valence-electron chi connectivity index (χ2n) is 4.79. The zero-order chi connectivity index (χ0) is 16.1. The van der Waals surface area contributed by atoms with Crippen molar-refractivity contribution in [2.24, 2.45) is 0 Å². The third kappa shape index (κ3) is 3.74. The third-order valence-corrected chi connectivity index (χ3v) is 3.13. The van der Waals surface area contributed by atoms with Gasteiger partial charge in [-0.25, -0.2) is 4.39 Å². The standard InChI is InChI=1S/C17H14FN3O2/c18-12-5-7-13(8-6-12)21-16(22)11-20-14-3-1-9-19-17(14)15-4-2-10-23-15/h1-10,20H,11H2,(H,21,22). The van der Waals surface area contributed by atoms with Gasteiger partial charge >= 0.3 is 0 Å². The largest absolute Gasteiger partial charge is 0.463 e. The van der Waals surface area contributed by atoms with Crippen LogP contribution in [0.1, 0.15) is 0 Å². The zero-order valence-electron chi connectivity index (χ0n) is 12.1. The molecule has 0 spiro atoms. The Balaban J connectivity index is 1.64. The van der Waals surface area contributed by atoms with Crippen molar-refractivity contribution < 1.29 is 13.6 Å². The molecule has 1 amide bonds. The van der Waals surface area contributed by atoms with E-state index in [9.17, 15) is 9.18 Å². The van der Waals surface area contributed by atoms with Crippen LogP contribution in [0.3, 0.4) is 0 Å². The summed E-state index contributed by atoms with van der Waals surface area (Å²) in [5.74, 6) is 0.0254. The number of halogens is 1. The van der Waals surface area contributed by atoms with Crippen molar-refractivity contribution >= 4 is 17.3 Å². The first-order chi connectivity index (χ1) is 11.2. The third-order valence-electron chi connectivity index (χ3n) is 3.13. The summed E-state index contributed by atoms with van der Waals surface area (Å²) in [5, 5.41) is 5.71. The molecule has 116 valence electrons. The molecule has 0 unspecified atom stereocenters. The number of nitrogens with zero attached hydrogens (tertiary/aromatic N) is 1. The molecule has 0 atom stereocenters. The van der Waals surface area contributed by atoms with Crippen molar-refractivity contribution in [2.75, 3.05) is 17.2 Å². The van der Waals surface area contributed by atoms with E-state index in [-0.39, 0.29) is 18.3 Å². The monoisotopic (exact) mass is 311 g/mol. The lowest BCUT2D eigenvalue weighted by Crippen LogP contribution is -2.22. The van der Waals surface area contributed by atoms with Gasteiger partial charge in [0, 0.05) is 11.9 Å². The van der Waals surface area contributed by atoms with Crippen LogP contribution >= 0.6 is 0 Å². The first-order valence-electron chi connectivity index (χ1n) is 7.00. The van der Waals surface area contributed by atoms with E-state index in [0.717, 1.165) is 0 Å². The lowest BCUT2D eigenvalue weighted by molar-refractivity contribution is -0.114. The summed E-state index contributed by atoms with van der Waals surface area (Å²) in [4.78, 5) is 16.2. The Hall–Kier alpha value is -3.15. The van der Waals surface area contributed by atoms with Gasteiger partial charge in [0.15, 0.2) is 5.76 Å². The second-order valence-corrected chi connectivity index (χ2v) is 4.79. The van der Waals surface area contributed by atoms with Crippen molar-refractivity contribution in [3.05, 3.63) is 66.8 Å². The Morgan fingerprint density at radius 2 is 1.96 bits per heavy atom. The molecule has 0 aliphatic carbocycles. The highest BCUT2D eigenvalue weighted by molar-refractivity contribution is 5.94. The topological polar surface area (TPSA) is 67.2 Å². The lowest BCUT2D eigenvalue weighted by Gasteiger charge is -2.10. The van der Waals surface area contributed by atoms with Gasteiger partial charge < -0.3 is 15.1 Å². The van der Waals surface area contributed by atoms with Crippen LogP contribution in [-0.2, 0) is 4.79 Å². The van der Waals surface area contributed by atoms with Gasteiger partial charge in [0.05, 0.1) is 18.5 Å². The molecule has 3 rings (SSSR count). The van der Waals surface area contributed by atoms with Gasteiger partial charge in [-0.15, -0.1) is 0 Å². The summed E-state index contributed by atoms with van der Waals surface area (Å²) in [7, 11) is 0. The molecule has 0 radical (unpaired) electrons. The number of aromatic nitrogens is 1. The first-order valence-corrected chi connectivity index (χ1v) is 7.00. The zero-order valence-corrected chi connectivity index (χ0v) is 12.1. The van der Waals surface area contributed by atoms with Gasteiger partial charge in [-0.2, -0.15) is 0 Å². The highest BCUT2D eigenvalue weighted by atomic mass is 19.1. The number of hydrogen-bond acceptors (Lipinski definition) is 4. The van der Waals surface area contributed by atoms with Crippen LogP contribution in [0.4, 0.5) is 15.8 Å². The van der Waals surface area contributed by atoms with E-state index >= 15 is 0 Å². The van der Waals surface area contributed by atoms with Crippen LogP contribution < -0.4 is 10.6 Å². The predicted octanol–water partition coefficient (Wildman–Crippen LogP) is 3.53. The summed E-state index contributed by atoms with van der Waals surface area (Å²) in [6, 6.07) is 12.7. The van der Waals surface area contributed by atoms with E-state index < -0.39 is 0 Å². The van der Waals surface area contributed by atoms with Crippen molar-refractivity contribution in [3.8, 4) is 11.5 Å². The molecule has 2 aromatic heterocycles. The summed E-state index contributed by atoms with van der Waals surface area (Å²) in [6.07, 6.45) is 3.22. The number of carbonyl (C=O) groups is 1. The summed E-state index contributed by atoms with van der Waals surface area (Å²) < 4.78 is 18.2. The highest BCUT2D eigenvalue weighted by Gasteiger charge is 2.10. The molecule has 3 aromatic rings. The molecule has 0 bridgehead atoms. The maximum atomic E-state index is 12.8. The summed E-state index contributed by atoms with van der Waals surface area (Å²) in [6.45, 7) is 0.0524. The molecular weight excluding hydrogens is 297 g/mol. The molecule has 0 aliphatic heterocycles. The lowest BCUT2D eigenvalue weighted by atomic mass is 10.2. The van der Waals surface area contributed by atoms with Gasteiger partial charge in [0.25, 0.3) is 0 Å². The Labute approximate surface area is 132 Å². The van der Waals surface area contributed by atoms with E-state index in [0.29, 0.717) is 22.8 Å². The number of nitrogens with one attached hydrogen (secondary N) is 2. The van der Waals surface area contributed by atoms with Crippen molar-refractivity contribution in [2.45, 2.75) is 0 Å². The summed E-state index contributed by atoms with van der Waals surface area (Å²) >= 11 is 0. The Morgan fingerprint density at radius 1 is 1.13 bits per heavy atom. The number of furan rings is 1. The number of amides is 1. The van der Waals surface area contributed by atoms with Crippen molar-refractivity contribution in [1.82, 2.24) is 4.98 Å². The van der Waals surface area contributed by atoms with Crippen LogP contribution in [0.15, 0.2) is 65.4 Å². The fraction of sp³-hybridized carbons (Fsp3) is 0.0588. The predicted molar refractivity (Wildman–Crippen MR) is 85.5 cm³/mol. The van der Waals surface area contributed by atoms with Crippen molar-refractivity contribution in [1.29, 1.82) is 0 Å². The van der Waals surface area contributed by atoms with Gasteiger partial charge in [-0.3, -0.25) is 9.78 Å². The molecule has 0 saturated heterocycles. The summed E-state index contributed by atoms with van der Waals surface area (Å²) in [5.41, 5.74) is 1.86. The second kappa shape index (κ2) is 6.74. The molecule has 5 nitrogen and oxygen atoms in total. The Morgan fingerprint density at radius 3 is 2.70 bits per heavy atom. The van der Waals surface area contributed by atoms with E-state index in [2.05, 4.69) is 15.6 Å². The van der Waals surface area contributed by atoms with Gasteiger partial charge in [-0.1, -0.05) is 0 Å². The average molecular weight is 311 g/mol. The van der Waals surface area contributed by atoms with Gasteiger partial charge in [0.1, 0.15) is 11.5 Å². The van der Waals surface area contributed by atoms with Crippen LogP contribution in [0.25, 0.3) is 11.5 Å². The molecule has 2 N–H and O–H groups in total. The number of pyridine rings is 1. The SMILES string of the molecule is O=C(CNc1cccnc1-c1ccco1)Nc1ccc(F)cc1. The number of hydrogen-bond donors (Lipinski definition) is 2. The minimum absolute atomic E-state index is 0.0524. The first kappa shape index (κ1) is 14.8. The number of anilines is 2. The molecule has 0 aliphatic rings. The highest BCUT2D eigenvalue weighted by Crippen LogP contribution is 2.25.